The molecule has 0 heterocycles. The quantitative estimate of drug-likeness (QED) is 0.0320. The monoisotopic (exact) mass is 1290 g/mol. The SMILES string of the molecule is CCCCC/C=C\C/C=C\CCCCCCCCCCCC(=O)OCCCCCCCCCCCCCC/C=C\CCCCCCCCCCCCCCCCCCC(=O)NC(CO)C(O)/C=C/CCCCCCCCCCCCCCCCCCCCCCCC. The minimum absolute atomic E-state index is 0.0149. The van der Waals surface area contributed by atoms with E-state index in [1.54, 1.807) is 6.08 Å². The number of carbonyl (C=O) groups excluding carboxylic acids is 2. The number of hydrogen-bond acceptors (Lipinski definition) is 5. The van der Waals surface area contributed by atoms with Crippen LogP contribution in [0.25, 0.3) is 0 Å². The number of hydrogen-bond donors (Lipinski definition) is 3. The highest BCUT2D eigenvalue weighted by Crippen LogP contribution is 2.20. The summed E-state index contributed by atoms with van der Waals surface area (Å²) in [5, 5.41) is 23.3. The Bertz CT molecular complexity index is 1540. The molecule has 0 saturated carbocycles. The number of ether oxygens (including phenoxy) is 1. The number of aliphatic hydroxyl groups excluding tert-OH is 2. The molecule has 0 aliphatic rings. The molecule has 0 spiro atoms. The largest absolute Gasteiger partial charge is 0.466 e. The summed E-state index contributed by atoms with van der Waals surface area (Å²) < 4.78 is 5.52. The lowest BCUT2D eigenvalue weighted by Gasteiger charge is -2.20. The number of carbonyl (C=O) groups is 2. The maximum Gasteiger partial charge on any atom is 0.305 e. The average molecular weight is 1290 g/mol. The molecule has 6 nitrogen and oxygen atoms in total. The summed E-state index contributed by atoms with van der Waals surface area (Å²) in [6.45, 7) is 4.93. The number of esters is 1. The average Bonchev–Trinajstić information content (AvgIpc) is 3.68. The number of unbranched alkanes of at least 4 members (excludes halogenated alkanes) is 62. The molecule has 0 fully saturated rings. The predicted molar refractivity (Wildman–Crippen MR) is 407 cm³/mol. The van der Waals surface area contributed by atoms with Crippen LogP contribution in [0.15, 0.2) is 48.6 Å². The smallest absolute Gasteiger partial charge is 0.305 e. The van der Waals surface area contributed by atoms with Crippen LogP contribution in [0.2, 0.25) is 0 Å². The van der Waals surface area contributed by atoms with E-state index in [4.69, 9.17) is 4.74 Å². The van der Waals surface area contributed by atoms with Crippen molar-refractivity contribution in [3.05, 3.63) is 48.6 Å². The molecular formula is C86H163NO5. The first-order chi connectivity index (χ1) is 45.5. The van der Waals surface area contributed by atoms with Gasteiger partial charge in [-0.2, -0.15) is 0 Å². The van der Waals surface area contributed by atoms with Gasteiger partial charge in [0, 0.05) is 12.8 Å². The summed E-state index contributed by atoms with van der Waals surface area (Å²) in [5.41, 5.74) is 0. The molecule has 0 aliphatic carbocycles. The van der Waals surface area contributed by atoms with E-state index in [9.17, 15) is 19.8 Å². The van der Waals surface area contributed by atoms with E-state index in [1.165, 1.54) is 385 Å². The van der Waals surface area contributed by atoms with E-state index < -0.39 is 12.1 Å². The van der Waals surface area contributed by atoms with Crippen LogP contribution in [-0.2, 0) is 14.3 Å². The maximum absolute atomic E-state index is 12.6. The van der Waals surface area contributed by atoms with Gasteiger partial charge in [-0.3, -0.25) is 9.59 Å². The van der Waals surface area contributed by atoms with Crippen molar-refractivity contribution in [1.82, 2.24) is 5.32 Å². The van der Waals surface area contributed by atoms with Crippen LogP contribution in [0, 0.1) is 0 Å². The summed E-state index contributed by atoms with van der Waals surface area (Å²) >= 11 is 0. The minimum Gasteiger partial charge on any atom is -0.466 e. The molecule has 0 saturated heterocycles. The van der Waals surface area contributed by atoms with Gasteiger partial charge in [0.1, 0.15) is 0 Å². The van der Waals surface area contributed by atoms with Crippen molar-refractivity contribution < 1.29 is 24.5 Å². The van der Waals surface area contributed by atoms with Crippen molar-refractivity contribution in [2.24, 2.45) is 0 Å². The number of rotatable bonds is 79. The van der Waals surface area contributed by atoms with Crippen LogP contribution in [0.1, 0.15) is 463 Å². The molecule has 0 aromatic carbocycles. The number of allylic oxidation sites excluding steroid dienone is 7. The molecule has 542 valence electrons. The highest BCUT2D eigenvalue weighted by molar-refractivity contribution is 5.76. The van der Waals surface area contributed by atoms with Crippen LogP contribution < -0.4 is 5.32 Å². The summed E-state index contributed by atoms with van der Waals surface area (Å²) in [7, 11) is 0. The summed E-state index contributed by atoms with van der Waals surface area (Å²) in [5.74, 6) is -0.0456. The fourth-order valence-electron chi connectivity index (χ4n) is 13.2. The van der Waals surface area contributed by atoms with Crippen LogP contribution in [0.4, 0.5) is 0 Å². The van der Waals surface area contributed by atoms with Crippen LogP contribution in [0.5, 0.6) is 0 Å². The van der Waals surface area contributed by atoms with Crippen molar-refractivity contribution in [3.8, 4) is 0 Å². The summed E-state index contributed by atoms with van der Waals surface area (Å²) in [6.07, 6.45) is 108. The lowest BCUT2D eigenvalue weighted by molar-refractivity contribution is -0.143. The molecule has 2 atom stereocenters. The van der Waals surface area contributed by atoms with Crippen LogP contribution in [-0.4, -0.2) is 47.4 Å². The van der Waals surface area contributed by atoms with Crippen molar-refractivity contribution in [3.63, 3.8) is 0 Å². The molecule has 0 rings (SSSR count). The van der Waals surface area contributed by atoms with Gasteiger partial charge in [-0.15, -0.1) is 0 Å². The van der Waals surface area contributed by atoms with Crippen molar-refractivity contribution in [2.45, 2.75) is 475 Å². The van der Waals surface area contributed by atoms with E-state index in [2.05, 4.69) is 55.6 Å². The molecule has 0 aliphatic heterocycles. The summed E-state index contributed by atoms with van der Waals surface area (Å²) in [6, 6.07) is -0.628. The van der Waals surface area contributed by atoms with Crippen molar-refractivity contribution in [2.75, 3.05) is 13.2 Å². The highest BCUT2D eigenvalue weighted by Gasteiger charge is 2.18. The topological polar surface area (TPSA) is 95.9 Å². The zero-order valence-electron chi connectivity index (χ0n) is 62.3. The van der Waals surface area contributed by atoms with Gasteiger partial charge in [0.15, 0.2) is 0 Å². The zero-order valence-corrected chi connectivity index (χ0v) is 62.3. The Morgan fingerprint density at radius 2 is 0.543 bits per heavy atom. The molecule has 0 radical (unpaired) electrons. The van der Waals surface area contributed by atoms with E-state index in [1.807, 2.05) is 6.08 Å². The van der Waals surface area contributed by atoms with E-state index >= 15 is 0 Å². The molecule has 0 aromatic rings. The molecule has 6 heteroatoms. The molecule has 1 amide bonds. The second-order valence-corrected chi connectivity index (χ2v) is 28.8. The van der Waals surface area contributed by atoms with Crippen LogP contribution >= 0.6 is 0 Å². The molecule has 2 unspecified atom stereocenters. The Morgan fingerprint density at radius 3 is 0.859 bits per heavy atom. The van der Waals surface area contributed by atoms with E-state index in [0.29, 0.717) is 19.4 Å². The molecule has 3 N–H and O–H groups in total. The second-order valence-electron chi connectivity index (χ2n) is 28.8. The van der Waals surface area contributed by atoms with Gasteiger partial charge in [0.2, 0.25) is 5.91 Å². The predicted octanol–water partition coefficient (Wildman–Crippen LogP) is 27.9. The Morgan fingerprint density at radius 1 is 0.304 bits per heavy atom. The zero-order chi connectivity index (χ0) is 66.3. The van der Waals surface area contributed by atoms with Gasteiger partial charge in [-0.1, -0.05) is 409 Å². The standard InChI is InChI=1S/C86H163NO5/c1-3-5-7-9-11-13-15-17-19-21-23-24-25-36-39-43-46-50-54-58-62-66-70-74-78-84(89)83(82-88)87-85(90)79-75-71-67-63-59-55-51-47-44-40-37-34-32-30-28-26-27-29-31-33-35-38-41-45-49-53-57-61-65-69-73-77-81-92-86(91)80-76-72-68-64-60-56-52-48-42-22-20-18-16-14-12-10-8-6-4-2/h12,14,18,20,29,31,74,78,83-84,88-89H,3-11,13,15-17,19,21-28,30,32-73,75-77,79-82H2,1-2H3,(H,87,90)/b14-12-,20-18-,31-29-,78-74+. The third kappa shape index (κ3) is 76.8. The fourth-order valence-corrected chi connectivity index (χ4v) is 13.2. The number of aliphatic hydroxyl groups is 2. The minimum atomic E-state index is -0.845. The van der Waals surface area contributed by atoms with Gasteiger partial charge < -0.3 is 20.3 Å². The fraction of sp³-hybridized carbons (Fsp3) is 0.884. The highest BCUT2D eigenvalue weighted by atomic mass is 16.5. The molecule has 0 aromatic heterocycles. The Labute approximate surface area is 576 Å². The van der Waals surface area contributed by atoms with E-state index in [0.717, 1.165) is 51.4 Å². The normalized spacial score (nSPS) is 12.7. The van der Waals surface area contributed by atoms with Gasteiger partial charge in [0.05, 0.1) is 25.4 Å². The van der Waals surface area contributed by atoms with Crippen molar-refractivity contribution >= 4 is 11.9 Å². The first-order valence-electron chi connectivity index (χ1n) is 41.9. The number of amides is 1. The van der Waals surface area contributed by atoms with Gasteiger partial charge >= 0.3 is 5.97 Å². The molecule has 0 bridgehead atoms. The lowest BCUT2D eigenvalue weighted by Crippen LogP contribution is -2.45. The van der Waals surface area contributed by atoms with Crippen molar-refractivity contribution in [1.29, 1.82) is 0 Å². The first kappa shape index (κ1) is 89.8. The van der Waals surface area contributed by atoms with Gasteiger partial charge in [-0.25, -0.2) is 0 Å². The van der Waals surface area contributed by atoms with Gasteiger partial charge in [-0.05, 0) is 89.9 Å². The lowest BCUT2D eigenvalue weighted by atomic mass is 10.0. The Kier molecular flexibility index (Phi) is 79.3. The number of nitrogens with one attached hydrogen (secondary N) is 1. The van der Waals surface area contributed by atoms with Gasteiger partial charge in [0.25, 0.3) is 0 Å². The summed E-state index contributed by atoms with van der Waals surface area (Å²) in [4.78, 5) is 24.7. The van der Waals surface area contributed by atoms with Crippen LogP contribution in [0.3, 0.4) is 0 Å². The van der Waals surface area contributed by atoms with E-state index in [-0.39, 0.29) is 18.5 Å². The maximum atomic E-state index is 12.6. The third-order valence-corrected chi connectivity index (χ3v) is 19.6. The molecule has 92 heavy (non-hydrogen) atoms. The third-order valence-electron chi connectivity index (χ3n) is 19.6. The second kappa shape index (κ2) is 81.2. The Hall–Kier alpha value is -2.18. The Balaban J connectivity index is 3.37. The first-order valence-corrected chi connectivity index (χ1v) is 41.9. The molecular weight excluding hydrogens is 1130 g/mol.